The van der Waals surface area contributed by atoms with Crippen LogP contribution in [0.2, 0.25) is 0 Å². The summed E-state index contributed by atoms with van der Waals surface area (Å²) >= 11 is 0. The fraction of sp³-hybridized carbons (Fsp3) is 0.296. The summed E-state index contributed by atoms with van der Waals surface area (Å²) in [5.74, 6) is 1.10. The fourth-order valence-corrected chi connectivity index (χ4v) is 4.70. The number of hydrogen-bond donors (Lipinski definition) is 0. The molecule has 2 aromatic carbocycles. The number of rotatable bonds is 6. The largest absolute Gasteiger partial charge is 0.348 e. The molecule has 2 aromatic heterocycles. The van der Waals surface area contributed by atoms with E-state index in [-0.39, 0.29) is 11.6 Å². The molecule has 5 rings (SSSR count). The molecular weight excluding hydrogens is 410 g/mol. The van der Waals surface area contributed by atoms with Crippen LogP contribution in [-0.2, 0) is 0 Å². The molecule has 1 saturated carbocycles. The molecule has 0 N–H and O–H groups in total. The van der Waals surface area contributed by atoms with Crippen LogP contribution in [0.15, 0.2) is 77.9 Å². The molecule has 1 aliphatic carbocycles. The lowest BCUT2D eigenvalue weighted by atomic mass is 9.77. The molecule has 2 heterocycles. The predicted molar refractivity (Wildman–Crippen MR) is 135 cm³/mol. The normalized spacial score (nSPS) is 14.6. The molecule has 0 aliphatic heterocycles. The first kappa shape index (κ1) is 21.2. The number of anilines is 3. The minimum absolute atomic E-state index is 0.000670. The van der Waals surface area contributed by atoms with Gasteiger partial charge in [-0.2, -0.15) is 0 Å². The van der Waals surface area contributed by atoms with Crippen molar-refractivity contribution in [2.75, 3.05) is 30.9 Å². The maximum absolute atomic E-state index is 14.1. The quantitative estimate of drug-likeness (QED) is 0.422. The second kappa shape index (κ2) is 8.70. The van der Waals surface area contributed by atoms with Crippen molar-refractivity contribution in [3.63, 3.8) is 0 Å². The first-order valence-electron chi connectivity index (χ1n) is 11.5. The number of fused-ring (bicyclic) bond motifs is 1. The lowest BCUT2D eigenvalue weighted by Crippen LogP contribution is -2.37. The lowest BCUT2D eigenvalue weighted by molar-refractivity contribution is 0.234. The summed E-state index contributed by atoms with van der Waals surface area (Å²) < 4.78 is 1.91. The van der Waals surface area contributed by atoms with E-state index in [0.717, 1.165) is 29.8 Å². The Balaban J connectivity index is 1.71. The molecule has 0 spiro atoms. The highest BCUT2D eigenvalue weighted by molar-refractivity contribution is 5.84. The van der Waals surface area contributed by atoms with Crippen molar-refractivity contribution in [2.45, 2.75) is 25.3 Å². The zero-order chi connectivity index (χ0) is 22.9. The monoisotopic (exact) mass is 439 g/mol. The molecule has 33 heavy (non-hydrogen) atoms. The first-order chi connectivity index (χ1) is 16.0. The summed E-state index contributed by atoms with van der Waals surface area (Å²) in [7, 11) is 5.92. The number of hydrogen-bond acceptors (Lipinski definition) is 5. The average molecular weight is 440 g/mol. The van der Waals surface area contributed by atoms with Gasteiger partial charge < -0.3 is 9.80 Å². The van der Waals surface area contributed by atoms with Gasteiger partial charge in [-0.05, 0) is 66.8 Å². The van der Waals surface area contributed by atoms with Crippen molar-refractivity contribution >= 4 is 28.2 Å². The molecular formula is C27H29N5O. The third-order valence-electron chi connectivity index (χ3n) is 6.72. The van der Waals surface area contributed by atoms with Crippen molar-refractivity contribution in [3.05, 3.63) is 89.0 Å². The van der Waals surface area contributed by atoms with Crippen molar-refractivity contribution in [2.24, 2.45) is 5.92 Å². The number of pyridine rings is 1. The molecule has 0 saturated heterocycles. The Labute approximate surface area is 194 Å². The summed E-state index contributed by atoms with van der Waals surface area (Å²) in [5.41, 5.74) is 3.85. The fourth-order valence-electron chi connectivity index (χ4n) is 4.70. The highest BCUT2D eigenvalue weighted by atomic mass is 16.1. The number of nitrogens with zero attached hydrogens (tertiary/aromatic N) is 5. The Morgan fingerprint density at radius 3 is 2.30 bits per heavy atom. The van der Waals surface area contributed by atoms with E-state index in [9.17, 15) is 4.79 Å². The van der Waals surface area contributed by atoms with E-state index in [1.807, 2.05) is 91.5 Å². The second-order valence-electron chi connectivity index (χ2n) is 8.99. The highest BCUT2D eigenvalue weighted by Crippen LogP contribution is 2.41. The van der Waals surface area contributed by atoms with Gasteiger partial charge in [0.25, 0.3) is 5.56 Å². The van der Waals surface area contributed by atoms with E-state index in [4.69, 9.17) is 4.98 Å². The summed E-state index contributed by atoms with van der Waals surface area (Å²) in [4.78, 5) is 27.3. The van der Waals surface area contributed by atoms with Crippen molar-refractivity contribution in [1.29, 1.82) is 0 Å². The summed E-state index contributed by atoms with van der Waals surface area (Å²) in [6.45, 7) is 0. The van der Waals surface area contributed by atoms with Crippen molar-refractivity contribution < 1.29 is 0 Å². The van der Waals surface area contributed by atoms with Crippen LogP contribution in [0.3, 0.4) is 0 Å². The van der Waals surface area contributed by atoms with Gasteiger partial charge in [0.05, 0.1) is 16.9 Å². The Kier molecular flexibility index (Phi) is 5.58. The van der Waals surface area contributed by atoms with Gasteiger partial charge in [-0.3, -0.25) is 14.3 Å². The van der Waals surface area contributed by atoms with Gasteiger partial charge in [0.1, 0.15) is 0 Å². The first-order valence-corrected chi connectivity index (χ1v) is 11.5. The van der Waals surface area contributed by atoms with Gasteiger partial charge in [-0.15, -0.1) is 0 Å². The summed E-state index contributed by atoms with van der Waals surface area (Å²) in [6, 6.07) is 20.1. The number of para-hydroxylation sites is 1. The van der Waals surface area contributed by atoms with Gasteiger partial charge in [-0.25, -0.2) is 4.98 Å². The minimum Gasteiger partial charge on any atom is -0.348 e. The summed E-state index contributed by atoms with van der Waals surface area (Å²) in [6.07, 6.45) is 7.04. The summed E-state index contributed by atoms with van der Waals surface area (Å²) in [5, 5.41) is 0.638. The van der Waals surface area contributed by atoms with Crippen LogP contribution in [0.5, 0.6) is 0 Å². The Morgan fingerprint density at radius 1 is 0.939 bits per heavy atom. The van der Waals surface area contributed by atoms with Gasteiger partial charge in [0.15, 0.2) is 0 Å². The highest BCUT2D eigenvalue weighted by Gasteiger charge is 2.33. The van der Waals surface area contributed by atoms with Gasteiger partial charge in [-0.1, -0.05) is 24.6 Å². The van der Waals surface area contributed by atoms with Crippen LogP contribution in [0.4, 0.5) is 17.3 Å². The molecule has 0 amide bonds. The lowest BCUT2D eigenvalue weighted by Gasteiger charge is -2.37. The van der Waals surface area contributed by atoms with Gasteiger partial charge >= 0.3 is 0 Å². The zero-order valence-electron chi connectivity index (χ0n) is 19.3. The zero-order valence-corrected chi connectivity index (χ0v) is 19.3. The molecule has 0 radical (unpaired) electrons. The SMILES string of the molecule is CN(C)c1nc2ccc(N(C)c3ccccc3)cc2c(=O)n1C(c1ccncc1)C1CCC1. The minimum atomic E-state index is -0.0564. The third kappa shape index (κ3) is 3.86. The predicted octanol–water partition coefficient (Wildman–Crippen LogP) is 5.01. The molecule has 1 atom stereocenters. The molecule has 1 fully saturated rings. The van der Waals surface area contributed by atoms with E-state index < -0.39 is 0 Å². The van der Waals surface area contributed by atoms with Crippen LogP contribution in [-0.4, -0.2) is 35.7 Å². The smallest absolute Gasteiger partial charge is 0.263 e. The topological polar surface area (TPSA) is 54.3 Å². The van der Waals surface area contributed by atoms with Crippen LogP contribution < -0.4 is 15.4 Å². The van der Waals surface area contributed by atoms with Crippen LogP contribution in [0.25, 0.3) is 10.9 Å². The standard InChI is InChI=1S/C27H29N5O/c1-30(2)27-29-24-13-12-22(31(3)21-10-5-4-6-11-21)18-23(24)26(33)32(27)25(19-8-7-9-19)20-14-16-28-17-15-20/h4-6,10-19,25H,7-9H2,1-3H3. The maximum atomic E-state index is 14.1. The van der Waals surface area contributed by atoms with E-state index in [1.54, 1.807) is 0 Å². The number of benzene rings is 2. The van der Waals surface area contributed by atoms with Gasteiger partial charge in [0, 0.05) is 44.9 Å². The van der Waals surface area contributed by atoms with Crippen LogP contribution >= 0.6 is 0 Å². The van der Waals surface area contributed by atoms with Crippen molar-refractivity contribution in [3.8, 4) is 0 Å². The molecule has 1 unspecified atom stereocenters. The second-order valence-corrected chi connectivity index (χ2v) is 8.99. The number of aromatic nitrogens is 3. The molecule has 6 nitrogen and oxygen atoms in total. The maximum Gasteiger partial charge on any atom is 0.263 e. The Bertz CT molecular complexity index is 1310. The van der Waals surface area contributed by atoms with Gasteiger partial charge in [0.2, 0.25) is 5.95 Å². The van der Waals surface area contributed by atoms with Crippen LogP contribution in [0.1, 0.15) is 30.9 Å². The van der Waals surface area contributed by atoms with E-state index in [0.29, 0.717) is 22.8 Å². The Morgan fingerprint density at radius 2 is 1.67 bits per heavy atom. The van der Waals surface area contributed by atoms with E-state index in [1.165, 1.54) is 6.42 Å². The van der Waals surface area contributed by atoms with Crippen LogP contribution in [0, 0.1) is 5.92 Å². The molecule has 168 valence electrons. The molecule has 1 aliphatic rings. The average Bonchev–Trinajstić information content (AvgIpc) is 2.82. The molecule has 6 heteroatoms. The third-order valence-corrected chi connectivity index (χ3v) is 6.72. The van der Waals surface area contributed by atoms with E-state index in [2.05, 4.69) is 22.0 Å². The van der Waals surface area contributed by atoms with Crippen molar-refractivity contribution in [1.82, 2.24) is 14.5 Å². The Hall–Kier alpha value is -3.67. The van der Waals surface area contributed by atoms with E-state index >= 15 is 0 Å². The molecule has 0 bridgehead atoms. The molecule has 4 aromatic rings.